The number of nitrogens with one attached hydrogen (secondary N) is 2. The van der Waals surface area contributed by atoms with E-state index in [-0.39, 0.29) is 0 Å². The Kier molecular flexibility index (Phi) is 5.67. The van der Waals surface area contributed by atoms with Gasteiger partial charge in [-0.25, -0.2) is 0 Å². The van der Waals surface area contributed by atoms with Gasteiger partial charge in [0.15, 0.2) is 5.96 Å². The Morgan fingerprint density at radius 1 is 1.22 bits per heavy atom. The first-order valence-corrected chi connectivity index (χ1v) is 10.6. The number of benzene rings is 1. The zero-order valence-corrected chi connectivity index (χ0v) is 16.8. The fourth-order valence-electron chi connectivity index (χ4n) is 4.76. The van der Waals surface area contributed by atoms with E-state index in [0.717, 1.165) is 38.4 Å². The SMILES string of the molecule is CCc1cccc2c(CCNC(=NC)N3CCC(N4CCCC4)C3)c[nH]c12. The van der Waals surface area contributed by atoms with Crippen molar-refractivity contribution in [2.75, 3.05) is 39.8 Å². The molecule has 3 heterocycles. The highest BCUT2D eigenvalue weighted by atomic mass is 15.3. The van der Waals surface area contributed by atoms with Gasteiger partial charge in [0.25, 0.3) is 0 Å². The molecule has 0 aliphatic carbocycles. The fraction of sp³-hybridized carbons (Fsp3) is 0.591. The third kappa shape index (κ3) is 3.84. The van der Waals surface area contributed by atoms with Gasteiger partial charge in [0.1, 0.15) is 0 Å². The Hall–Kier alpha value is -2.01. The second kappa shape index (κ2) is 8.34. The summed E-state index contributed by atoms with van der Waals surface area (Å²) in [5, 5.41) is 4.96. The molecule has 2 aliphatic rings. The van der Waals surface area contributed by atoms with Gasteiger partial charge in [0, 0.05) is 49.8 Å². The zero-order chi connectivity index (χ0) is 18.6. The molecule has 146 valence electrons. The molecule has 2 aromatic rings. The van der Waals surface area contributed by atoms with Gasteiger partial charge in [0.05, 0.1) is 0 Å². The molecule has 5 heteroatoms. The highest BCUT2D eigenvalue weighted by molar-refractivity contribution is 5.86. The van der Waals surface area contributed by atoms with E-state index in [9.17, 15) is 0 Å². The summed E-state index contributed by atoms with van der Waals surface area (Å²) in [4.78, 5) is 13.1. The van der Waals surface area contributed by atoms with Crippen molar-refractivity contribution in [3.8, 4) is 0 Å². The molecule has 4 rings (SSSR count). The first-order chi connectivity index (χ1) is 13.3. The van der Waals surface area contributed by atoms with Crippen molar-refractivity contribution >= 4 is 16.9 Å². The van der Waals surface area contributed by atoms with Crippen molar-refractivity contribution < 1.29 is 0 Å². The van der Waals surface area contributed by atoms with Crippen molar-refractivity contribution in [1.29, 1.82) is 0 Å². The van der Waals surface area contributed by atoms with Crippen LogP contribution < -0.4 is 5.32 Å². The van der Waals surface area contributed by atoms with Crippen LogP contribution in [-0.4, -0.2) is 66.6 Å². The molecular weight excluding hydrogens is 334 g/mol. The minimum Gasteiger partial charge on any atom is -0.361 e. The maximum absolute atomic E-state index is 4.54. The van der Waals surface area contributed by atoms with Gasteiger partial charge in [0.2, 0.25) is 0 Å². The summed E-state index contributed by atoms with van der Waals surface area (Å²) >= 11 is 0. The predicted molar refractivity (Wildman–Crippen MR) is 114 cm³/mol. The second-order valence-corrected chi connectivity index (χ2v) is 7.86. The molecule has 2 saturated heterocycles. The minimum absolute atomic E-state index is 0.715. The lowest BCUT2D eigenvalue weighted by molar-refractivity contribution is 0.249. The smallest absolute Gasteiger partial charge is 0.193 e. The van der Waals surface area contributed by atoms with E-state index < -0.39 is 0 Å². The Balaban J connectivity index is 1.33. The van der Waals surface area contributed by atoms with Crippen LogP contribution in [0.1, 0.15) is 37.3 Å². The first kappa shape index (κ1) is 18.4. The molecule has 2 N–H and O–H groups in total. The number of hydrogen-bond donors (Lipinski definition) is 2. The average molecular weight is 368 g/mol. The molecule has 1 aromatic heterocycles. The summed E-state index contributed by atoms with van der Waals surface area (Å²) in [6.07, 6.45) is 8.25. The number of aliphatic imine (C=N–C) groups is 1. The number of guanidine groups is 1. The van der Waals surface area contributed by atoms with Crippen LogP contribution in [0.2, 0.25) is 0 Å². The van der Waals surface area contributed by atoms with E-state index in [1.807, 2.05) is 7.05 Å². The summed E-state index contributed by atoms with van der Waals surface area (Å²) in [5.41, 5.74) is 4.08. The first-order valence-electron chi connectivity index (χ1n) is 10.6. The number of H-pyrrole nitrogens is 1. The number of fused-ring (bicyclic) bond motifs is 1. The molecule has 0 amide bonds. The third-order valence-electron chi connectivity index (χ3n) is 6.28. The highest BCUT2D eigenvalue weighted by Gasteiger charge is 2.30. The summed E-state index contributed by atoms with van der Waals surface area (Å²) in [7, 11) is 1.91. The van der Waals surface area contributed by atoms with Crippen LogP contribution in [-0.2, 0) is 12.8 Å². The number of likely N-dealkylation sites (tertiary alicyclic amines) is 2. The number of aryl methyl sites for hydroxylation is 1. The van der Waals surface area contributed by atoms with Crippen LogP contribution in [0.3, 0.4) is 0 Å². The number of para-hydroxylation sites is 1. The largest absolute Gasteiger partial charge is 0.361 e. The van der Waals surface area contributed by atoms with Crippen molar-refractivity contribution in [3.05, 3.63) is 35.5 Å². The molecule has 2 fully saturated rings. The molecule has 1 aromatic carbocycles. The number of aromatic amines is 1. The molecule has 1 atom stereocenters. The van der Waals surface area contributed by atoms with Gasteiger partial charge in [-0.05, 0) is 56.3 Å². The van der Waals surface area contributed by atoms with E-state index in [0.29, 0.717) is 6.04 Å². The van der Waals surface area contributed by atoms with E-state index in [1.165, 1.54) is 54.4 Å². The van der Waals surface area contributed by atoms with Gasteiger partial charge in [-0.2, -0.15) is 0 Å². The molecule has 5 nitrogen and oxygen atoms in total. The minimum atomic E-state index is 0.715. The Labute approximate surface area is 162 Å². The van der Waals surface area contributed by atoms with Crippen LogP contribution in [0.25, 0.3) is 10.9 Å². The Morgan fingerprint density at radius 3 is 2.85 bits per heavy atom. The molecule has 1 unspecified atom stereocenters. The number of rotatable bonds is 5. The van der Waals surface area contributed by atoms with E-state index in [4.69, 9.17) is 0 Å². The van der Waals surface area contributed by atoms with Crippen molar-refractivity contribution in [3.63, 3.8) is 0 Å². The Bertz CT molecular complexity index is 787. The van der Waals surface area contributed by atoms with Gasteiger partial charge in [-0.3, -0.25) is 9.89 Å². The van der Waals surface area contributed by atoms with Crippen LogP contribution in [0.15, 0.2) is 29.4 Å². The third-order valence-corrected chi connectivity index (χ3v) is 6.28. The van der Waals surface area contributed by atoms with E-state index >= 15 is 0 Å². The molecule has 0 saturated carbocycles. The maximum atomic E-state index is 4.54. The van der Waals surface area contributed by atoms with Gasteiger partial charge < -0.3 is 15.2 Å². The van der Waals surface area contributed by atoms with Gasteiger partial charge in [-0.1, -0.05) is 25.1 Å². The lowest BCUT2D eigenvalue weighted by atomic mass is 10.1. The summed E-state index contributed by atoms with van der Waals surface area (Å²) in [6, 6.07) is 7.34. The van der Waals surface area contributed by atoms with Gasteiger partial charge >= 0.3 is 0 Å². The standard InChI is InChI=1S/C22H33N5/c1-3-17-7-6-8-20-18(15-25-21(17)20)9-11-24-22(23-2)27-14-10-19(16-27)26-12-4-5-13-26/h6-8,15,19,25H,3-5,9-14,16H2,1-2H3,(H,23,24). The lowest BCUT2D eigenvalue weighted by Gasteiger charge is -2.25. The molecule has 27 heavy (non-hydrogen) atoms. The molecule has 0 radical (unpaired) electrons. The summed E-state index contributed by atoms with van der Waals surface area (Å²) in [6.45, 7) is 7.93. The van der Waals surface area contributed by atoms with Crippen molar-refractivity contribution in [2.24, 2.45) is 4.99 Å². The molecular formula is C22H33N5. The van der Waals surface area contributed by atoms with Crippen LogP contribution >= 0.6 is 0 Å². The Morgan fingerprint density at radius 2 is 2.07 bits per heavy atom. The molecule has 2 aliphatic heterocycles. The zero-order valence-electron chi connectivity index (χ0n) is 16.8. The van der Waals surface area contributed by atoms with E-state index in [1.54, 1.807) is 0 Å². The predicted octanol–water partition coefficient (Wildman–Crippen LogP) is 3.02. The highest BCUT2D eigenvalue weighted by Crippen LogP contribution is 2.23. The van der Waals surface area contributed by atoms with Crippen LogP contribution in [0.4, 0.5) is 0 Å². The average Bonchev–Trinajstić information content (AvgIpc) is 3.45. The number of aromatic nitrogens is 1. The fourth-order valence-corrected chi connectivity index (χ4v) is 4.76. The van der Waals surface area contributed by atoms with Crippen molar-refractivity contribution in [1.82, 2.24) is 20.1 Å². The van der Waals surface area contributed by atoms with Crippen molar-refractivity contribution in [2.45, 2.75) is 45.1 Å². The number of nitrogens with zero attached hydrogens (tertiary/aromatic N) is 3. The summed E-state index contributed by atoms with van der Waals surface area (Å²) < 4.78 is 0. The quantitative estimate of drug-likeness (QED) is 0.631. The summed E-state index contributed by atoms with van der Waals surface area (Å²) in [5.74, 6) is 1.06. The van der Waals surface area contributed by atoms with E-state index in [2.05, 4.69) is 56.4 Å². The van der Waals surface area contributed by atoms with Crippen LogP contribution in [0.5, 0.6) is 0 Å². The number of hydrogen-bond acceptors (Lipinski definition) is 2. The van der Waals surface area contributed by atoms with Crippen LogP contribution in [0, 0.1) is 0 Å². The topological polar surface area (TPSA) is 46.7 Å². The lowest BCUT2D eigenvalue weighted by Crippen LogP contribution is -2.43. The molecule has 0 bridgehead atoms. The molecule has 0 spiro atoms. The monoisotopic (exact) mass is 367 g/mol. The normalized spacial score (nSPS) is 21.5. The second-order valence-electron chi connectivity index (χ2n) is 7.86. The van der Waals surface area contributed by atoms with Gasteiger partial charge in [-0.15, -0.1) is 0 Å². The maximum Gasteiger partial charge on any atom is 0.193 e.